The molecule has 9 heteroatoms. The van der Waals surface area contributed by atoms with Crippen molar-refractivity contribution in [3.05, 3.63) is 45.3 Å². The minimum absolute atomic E-state index is 0.222. The summed E-state index contributed by atoms with van der Waals surface area (Å²) in [6, 6.07) is 4.78. The van der Waals surface area contributed by atoms with Crippen molar-refractivity contribution in [2.24, 2.45) is 4.36 Å². The van der Waals surface area contributed by atoms with Gasteiger partial charge in [0, 0.05) is 10.6 Å². The van der Waals surface area contributed by atoms with Gasteiger partial charge in [0.25, 0.3) is 0 Å². The molecule has 0 bridgehead atoms. The van der Waals surface area contributed by atoms with Gasteiger partial charge >= 0.3 is 6.03 Å². The summed E-state index contributed by atoms with van der Waals surface area (Å²) in [5, 5.41) is 22.2. The third kappa shape index (κ3) is 3.83. The van der Waals surface area contributed by atoms with Crippen molar-refractivity contribution in [1.29, 1.82) is 5.26 Å². The first kappa shape index (κ1) is 20.8. The number of carbonyl (C=O) groups is 1. The van der Waals surface area contributed by atoms with E-state index >= 15 is 0 Å². The predicted molar refractivity (Wildman–Crippen MR) is 117 cm³/mol. The largest absolute Gasteiger partial charge is 0.385 e. The topological polar surface area (TPSA) is 115 Å². The highest BCUT2D eigenvalue weighted by Gasteiger charge is 2.27. The Labute approximate surface area is 180 Å². The second-order valence-electron chi connectivity index (χ2n) is 8.19. The lowest BCUT2D eigenvalue weighted by Gasteiger charge is -2.17. The van der Waals surface area contributed by atoms with Gasteiger partial charge in [0.2, 0.25) is 6.19 Å². The summed E-state index contributed by atoms with van der Waals surface area (Å²) in [7, 11) is -3.50. The number of nitrogens with zero attached hydrogens (tertiary/aromatic N) is 2. The summed E-state index contributed by atoms with van der Waals surface area (Å²) < 4.78 is 19.5. The van der Waals surface area contributed by atoms with Crippen LogP contribution in [0, 0.1) is 11.5 Å². The molecule has 0 fully saturated rings. The van der Waals surface area contributed by atoms with Crippen molar-refractivity contribution in [2.75, 3.05) is 5.32 Å². The number of nitrogens with one attached hydrogen (secondary N) is 2. The normalized spacial score (nSPS) is 16.9. The van der Waals surface area contributed by atoms with E-state index in [-0.39, 0.29) is 4.21 Å². The van der Waals surface area contributed by atoms with Gasteiger partial charge in [0.1, 0.15) is 4.21 Å². The molecule has 158 valence electrons. The van der Waals surface area contributed by atoms with Crippen LogP contribution in [0.2, 0.25) is 0 Å². The monoisotopic (exact) mass is 444 g/mol. The number of thiophene rings is 1. The quantitative estimate of drug-likeness (QED) is 0.618. The fourth-order valence-corrected chi connectivity index (χ4v) is 6.81. The van der Waals surface area contributed by atoms with Crippen LogP contribution in [0.3, 0.4) is 0 Å². The SMILES string of the molecule is CC(C)(O)c1ccc(S(=O)(=NC#N)NC(=O)Nc2c3c(cc4c2CCC4)CCC3)s1. The van der Waals surface area contributed by atoms with Crippen LogP contribution >= 0.6 is 11.3 Å². The average molecular weight is 445 g/mol. The summed E-state index contributed by atoms with van der Waals surface area (Å²) >= 11 is 1.06. The first-order valence-electron chi connectivity index (χ1n) is 9.94. The van der Waals surface area contributed by atoms with Crippen LogP contribution in [0.5, 0.6) is 0 Å². The zero-order valence-electron chi connectivity index (χ0n) is 16.9. The van der Waals surface area contributed by atoms with Gasteiger partial charge in [0.05, 0.1) is 5.60 Å². The Morgan fingerprint density at radius 1 is 1.20 bits per heavy atom. The van der Waals surface area contributed by atoms with Gasteiger partial charge < -0.3 is 10.4 Å². The molecule has 30 heavy (non-hydrogen) atoms. The van der Waals surface area contributed by atoms with E-state index in [9.17, 15) is 14.1 Å². The predicted octanol–water partition coefficient (Wildman–Crippen LogP) is 4.00. The van der Waals surface area contributed by atoms with Crippen LogP contribution in [0.4, 0.5) is 10.5 Å². The van der Waals surface area contributed by atoms with E-state index in [0.717, 1.165) is 66.7 Å². The van der Waals surface area contributed by atoms with E-state index in [0.29, 0.717) is 4.88 Å². The maximum absolute atomic E-state index is 13.4. The van der Waals surface area contributed by atoms with Crippen LogP contribution in [0.25, 0.3) is 0 Å². The second-order valence-corrected chi connectivity index (χ2v) is 11.4. The molecule has 7 nitrogen and oxygen atoms in total. The lowest BCUT2D eigenvalue weighted by Crippen LogP contribution is -2.34. The maximum Gasteiger partial charge on any atom is 0.332 e. The Bertz CT molecular complexity index is 1150. The number of nitriles is 1. The third-order valence-electron chi connectivity index (χ3n) is 5.57. The van der Waals surface area contributed by atoms with E-state index in [1.165, 1.54) is 17.2 Å². The number of amides is 2. The lowest BCUT2D eigenvalue weighted by molar-refractivity contribution is 0.0825. The number of aliphatic hydroxyl groups is 1. The van der Waals surface area contributed by atoms with Crippen molar-refractivity contribution in [1.82, 2.24) is 4.72 Å². The Balaban J connectivity index is 1.64. The van der Waals surface area contributed by atoms with Crippen LogP contribution in [0.15, 0.2) is 26.8 Å². The standard InChI is InChI=1S/C21H24N4O3S2/c1-21(2,27)17-9-10-18(29-17)30(28,23-12-22)25-20(26)24-19-15-7-3-5-13(15)11-14-6-4-8-16(14)19/h9-11,27H,3-8H2,1-2H3,(H2,23,24,25,26,28). The van der Waals surface area contributed by atoms with Crippen molar-refractivity contribution < 1.29 is 14.1 Å². The first-order valence-corrected chi connectivity index (χ1v) is 12.3. The number of carbonyl (C=O) groups excluding carboxylic acids is 1. The van der Waals surface area contributed by atoms with Crippen molar-refractivity contribution >= 4 is 33.0 Å². The molecule has 2 aromatic rings. The fraction of sp³-hybridized carbons (Fsp3) is 0.429. The van der Waals surface area contributed by atoms with E-state index in [1.54, 1.807) is 26.1 Å². The number of anilines is 1. The molecule has 1 aromatic heterocycles. The molecule has 4 rings (SSSR count). The zero-order chi connectivity index (χ0) is 21.5. The van der Waals surface area contributed by atoms with Gasteiger partial charge in [-0.3, -0.25) is 0 Å². The highest BCUT2D eigenvalue weighted by atomic mass is 32.2. The maximum atomic E-state index is 13.4. The van der Waals surface area contributed by atoms with Crippen LogP contribution in [-0.2, 0) is 41.2 Å². The summed E-state index contributed by atoms with van der Waals surface area (Å²) in [5.41, 5.74) is 4.59. The number of fused-ring (bicyclic) bond motifs is 2. The molecular weight excluding hydrogens is 420 g/mol. The van der Waals surface area contributed by atoms with E-state index < -0.39 is 21.5 Å². The molecule has 1 heterocycles. The highest BCUT2D eigenvalue weighted by Crippen LogP contribution is 2.38. The summed E-state index contributed by atoms with van der Waals surface area (Å²) in [6.45, 7) is 3.23. The van der Waals surface area contributed by atoms with Crippen LogP contribution in [-0.4, -0.2) is 15.3 Å². The molecule has 1 unspecified atom stereocenters. The molecule has 0 aliphatic heterocycles. The summed E-state index contributed by atoms with van der Waals surface area (Å²) in [6.07, 6.45) is 7.52. The number of hydrogen-bond donors (Lipinski definition) is 3. The zero-order valence-corrected chi connectivity index (χ0v) is 18.6. The van der Waals surface area contributed by atoms with E-state index in [1.807, 2.05) is 0 Å². The minimum atomic E-state index is -3.50. The molecule has 2 aliphatic carbocycles. The number of urea groups is 1. The summed E-state index contributed by atoms with van der Waals surface area (Å²) in [4.78, 5) is 13.4. The Hall–Kier alpha value is -2.41. The molecule has 1 atom stereocenters. The Morgan fingerprint density at radius 2 is 1.83 bits per heavy atom. The average Bonchev–Trinajstić information content (AvgIpc) is 3.41. The van der Waals surface area contributed by atoms with Gasteiger partial charge in [-0.15, -0.1) is 11.3 Å². The summed E-state index contributed by atoms with van der Waals surface area (Å²) in [5.74, 6) is 0. The molecule has 3 N–H and O–H groups in total. The van der Waals surface area contributed by atoms with Crippen LogP contribution in [0.1, 0.15) is 53.8 Å². The lowest BCUT2D eigenvalue weighted by atomic mass is 9.99. The number of benzene rings is 1. The highest BCUT2D eigenvalue weighted by molar-refractivity contribution is 7.94. The number of rotatable bonds is 4. The second kappa shape index (κ2) is 7.69. The van der Waals surface area contributed by atoms with Gasteiger partial charge in [-0.25, -0.2) is 13.7 Å². The molecular formula is C21H24N4O3S2. The molecule has 0 spiro atoms. The molecule has 2 amide bonds. The fourth-order valence-electron chi connectivity index (χ4n) is 4.21. The van der Waals surface area contributed by atoms with Gasteiger partial charge in [-0.2, -0.15) is 5.26 Å². The molecule has 1 aromatic carbocycles. The minimum Gasteiger partial charge on any atom is -0.385 e. The van der Waals surface area contributed by atoms with Crippen molar-refractivity contribution in [3.8, 4) is 6.19 Å². The number of hydrogen-bond acceptors (Lipinski definition) is 6. The third-order valence-corrected chi connectivity index (χ3v) is 9.17. The van der Waals surface area contributed by atoms with Crippen LogP contribution < -0.4 is 10.0 Å². The van der Waals surface area contributed by atoms with Crippen molar-refractivity contribution in [3.63, 3.8) is 0 Å². The smallest absolute Gasteiger partial charge is 0.332 e. The number of aryl methyl sites for hydroxylation is 2. The van der Waals surface area contributed by atoms with Gasteiger partial charge in [0.15, 0.2) is 9.92 Å². The van der Waals surface area contributed by atoms with Gasteiger partial charge in [-0.05, 0) is 86.8 Å². The molecule has 0 saturated heterocycles. The Morgan fingerprint density at radius 3 is 2.37 bits per heavy atom. The first-order chi connectivity index (χ1) is 14.2. The molecule has 2 aliphatic rings. The van der Waals surface area contributed by atoms with Crippen molar-refractivity contribution in [2.45, 2.75) is 62.2 Å². The van der Waals surface area contributed by atoms with E-state index in [4.69, 9.17) is 5.26 Å². The van der Waals surface area contributed by atoms with Gasteiger partial charge in [-0.1, -0.05) is 10.4 Å². The molecule has 0 radical (unpaired) electrons. The van der Waals surface area contributed by atoms with E-state index in [2.05, 4.69) is 20.5 Å². The molecule has 0 saturated carbocycles. The Kier molecular flexibility index (Phi) is 5.34.